The van der Waals surface area contributed by atoms with Gasteiger partial charge in [-0.2, -0.15) is 0 Å². The Bertz CT molecular complexity index is 1060. The molecule has 1 aliphatic heterocycles. The molecule has 33 heavy (non-hydrogen) atoms. The Balaban J connectivity index is 1.69. The first-order valence-electron chi connectivity index (χ1n) is 10.2. The maximum absolute atomic E-state index is 12.6. The molecule has 0 saturated carbocycles. The minimum absolute atomic E-state index is 0.157. The van der Waals surface area contributed by atoms with E-state index in [1.165, 1.54) is 16.7 Å². The molecule has 3 rings (SSSR count). The Morgan fingerprint density at radius 1 is 1.12 bits per heavy atom. The highest BCUT2D eigenvalue weighted by atomic mass is 35.5. The fourth-order valence-electron chi connectivity index (χ4n) is 2.99. The number of carbonyl (C=O) groups excluding carboxylic acids is 1. The van der Waals surface area contributed by atoms with Crippen molar-refractivity contribution in [3.8, 4) is 23.0 Å². The highest BCUT2D eigenvalue weighted by molar-refractivity contribution is 8.26. The molecule has 2 aromatic carbocycles. The van der Waals surface area contributed by atoms with Crippen molar-refractivity contribution in [2.45, 2.75) is 6.92 Å². The predicted octanol–water partition coefficient (Wildman–Crippen LogP) is 5.59. The fourth-order valence-corrected chi connectivity index (χ4v) is 4.54. The Hall–Kier alpha value is -2.68. The molecular formula is C24H24ClNO5S2. The monoisotopic (exact) mass is 505 g/mol. The highest BCUT2D eigenvalue weighted by Gasteiger charge is 2.31. The van der Waals surface area contributed by atoms with E-state index in [-0.39, 0.29) is 12.5 Å². The van der Waals surface area contributed by atoms with Crippen LogP contribution in [-0.4, -0.2) is 48.6 Å². The van der Waals surface area contributed by atoms with Crippen molar-refractivity contribution in [1.29, 1.82) is 0 Å². The second kappa shape index (κ2) is 12.0. The number of thiocarbonyl (C=S) groups is 1. The molecule has 2 aromatic rings. The third-order valence-electron chi connectivity index (χ3n) is 4.47. The third kappa shape index (κ3) is 6.43. The summed E-state index contributed by atoms with van der Waals surface area (Å²) >= 11 is 13.0. The molecular weight excluding hydrogens is 482 g/mol. The van der Waals surface area contributed by atoms with Gasteiger partial charge >= 0.3 is 0 Å². The van der Waals surface area contributed by atoms with Crippen LogP contribution in [0.4, 0.5) is 0 Å². The number of hydrogen-bond donors (Lipinski definition) is 0. The Morgan fingerprint density at radius 2 is 1.82 bits per heavy atom. The van der Waals surface area contributed by atoms with E-state index in [1.54, 1.807) is 31.4 Å². The lowest BCUT2D eigenvalue weighted by Gasteiger charge is -2.15. The standard InChI is InChI=1S/C24H24ClNO5S2/c1-4-10-26-23(27)21(33-24(26)32)15-16-13-19(25)22(20(14-16)29-5-2)31-12-11-30-18-8-6-17(28-3)7-9-18/h4,6-9,13-15H,1,5,10-12H2,2-3H3/b21-15+. The number of nitrogens with zero attached hydrogens (tertiary/aromatic N) is 1. The number of methoxy groups -OCH3 is 1. The van der Waals surface area contributed by atoms with Crippen LogP contribution < -0.4 is 18.9 Å². The maximum atomic E-state index is 12.6. The van der Waals surface area contributed by atoms with Gasteiger partial charge in [0.15, 0.2) is 11.5 Å². The molecule has 0 radical (unpaired) electrons. The molecule has 9 heteroatoms. The average Bonchev–Trinajstić information content (AvgIpc) is 3.06. The van der Waals surface area contributed by atoms with Gasteiger partial charge in [0, 0.05) is 6.54 Å². The second-order valence-corrected chi connectivity index (χ2v) is 8.80. The summed E-state index contributed by atoms with van der Waals surface area (Å²) in [7, 11) is 1.61. The minimum atomic E-state index is -0.157. The van der Waals surface area contributed by atoms with Crippen LogP contribution in [0.3, 0.4) is 0 Å². The van der Waals surface area contributed by atoms with Gasteiger partial charge in [-0.05, 0) is 55.0 Å². The third-order valence-corrected chi connectivity index (χ3v) is 6.13. The normalized spacial score (nSPS) is 14.5. The van der Waals surface area contributed by atoms with Gasteiger partial charge in [0.25, 0.3) is 5.91 Å². The van der Waals surface area contributed by atoms with Crippen LogP contribution in [0.25, 0.3) is 6.08 Å². The molecule has 1 amide bonds. The van der Waals surface area contributed by atoms with Crippen molar-refractivity contribution < 1.29 is 23.7 Å². The topological polar surface area (TPSA) is 57.2 Å². The first-order valence-corrected chi connectivity index (χ1v) is 11.8. The van der Waals surface area contributed by atoms with E-state index < -0.39 is 0 Å². The van der Waals surface area contributed by atoms with Crippen LogP contribution in [0.15, 0.2) is 54.0 Å². The summed E-state index contributed by atoms with van der Waals surface area (Å²) in [5.74, 6) is 2.22. The molecule has 0 atom stereocenters. The van der Waals surface area contributed by atoms with Gasteiger partial charge in [0.2, 0.25) is 0 Å². The minimum Gasteiger partial charge on any atom is -0.497 e. The lowest BCUT2D eigenvalue weighted by atomic mass is 10.1. The molecule has 0 unspecified atom stereocenters. The lowest BCUT2D eigenvalue weighted by Crippen LogP contribution is -2.27. The van der Waals surface area contributed by atoms with Crippen molar-refractivity contribution in [2.75, 3.05) is 33.5 Å². The van der Waals surface area contributed by atoms with Gasteiger partial charge in [-0.3, -0.25) is 9.69 Å². The molecule has 1 heterocycles. The van der Waals surface area contributed by atoms with Gasteiger partial charge in [-0.15, -0.1) is 6.58 Å². The summed E-state index contributed by atoms with van der Waals surface area (Å²) in [6, 6.07) is 10.8. The quantitative estimate of drug-likeness (QED) is 0.171. The number of benzene rings is 2. The lowest BCUT2D eigenvalue weighted by molar-refractivity contribution is -0.121. The highest BCUT2D eigenvalue weighted by Crippen LogP contribution is 2.39. The van der Waals surface area contributed by atoms with E-state index in [0.29, 0.717) is 56.8 Å². The van der Waals surface area contributed by atoms with Crippen molar-refractivity contribution in [1.82, 2.24) is 4.90 Å². The van der Waals surface area contributed by atoms with Crippen molar-refractivity contribution in [2.24, 2.45) is 0 Å². The first-order chi connectivity index (χ1) is 16.0. The molecule has 1 saturated heterocycles. The van der Waals surface area contributed by atoms with E-state index in [0.717, 1.165) is 5.75 Å². The Morgan fingerprint density at radius 3 is 2.48 bits per heavy atom. The van der Waals surface area contributed by atoms with Crippen LogP contribution in [0.5, 0.6) is 23.0 Å². The maximum Gasteiger partial charge on any atom is 0.266 e. The van der Waals surface area contributed by atoms with E-state index in [1.807, 2.05) is 31.2 Å². The number of carbonyl (C=O) groups is 1. The Kier molecular flexibility index (Phi) is 9.05. The summed E-state index contributed by atoms with van der Waals surface area (Å²) in [5.41, 5.74) is 0.712. The van der Waals surface area contributed by atoms with E-state index in [4.69, 9.17) is 42.8 Å². The Labute approximate surface area is 208 Å². The number of rotatable bonds is 11. The molecule has 174 valence electrons. The van der Waals surface area contributed by atoms with Crippen LogP contribution in [0.1, 0.15) is 12.5 Å². The van der Waals surface area contributed by atoms with Gasteiger partial charge in [-0.25, -0.2) is 0 Å². The molecule has 0 N–H and O–H groups in total. The zero-order valence-electron chi connectivity index (χ0n) is 18.3. The summed E-state index contributed by atoms with van der Waals surface area (Å²) in [6.07, 6.45) is 3.38. The summed E-state index contributed by atoms with van der Waals surface area (Å²) < 4.78 is 22.9. The number of halogens is 1. The van der Waals surface area contributed by atoms with E-state index in [2.05, 4.69) is 6.58 Å². The summed E-state index contributed by atoms with van der Waals surface area (Å²) in [5, 5.41) is 0.373. The zero-order valence-corrected chi connectivity index (χ0v) is 20.7. The largest absolute Gasteiger partial charge is 0.497 e. The van der Waals surface area contributed by atoms with Crippen LogP contribution in [0, 0.1) is 0 Å². The van der Waals surface area contributed by atoms with Crippen LogP contribution in [-0.2, 0) is 4.79 Å². The van der Waals surface area contributed by atoms with Gasteiger partial charge < -0.3 is 18.9 Å². The molecule has 1 aliphatic rings. The fraction of sp³-hybridized carbons (Fsp3) is 0.250. The number of hydrogen-bond acceptors (Lipinski definition) is 7. The molecule has 0 bridgehead atoms. The predicted molar refractivity (Wildman–Crippen MR) is 137 cm³/mol. The molecule has 0 aromatic heterocycles. The second-order valence-electron chi connectivity index (χ2n) is 6.72. The van der Waals surface area contributed by atoms with Gasteiger partial charge in [0.1, 0.15) is 29.0 Å². The smallest absolute Gasteiger partial charge is 0.266 e. The summed E-state index contributed by atoms with van der Waals surface area (Å²) in [4.78, 5) is 14.6. The first kappa shape index (κ1) is 25.0. The number of amides is 1. The molecule has 0 aliphatic carbocycles. The van der Waals surface area contributed by atoms with Crippen molar-refractivity contribution in [3.05, 3.63) is 64.5 Å². The molecule has 6 nitrogen and oxygen atoms in total. The SMILES string of the molecule is C=CCN1C(=O)/C(=C\c2cc(Cl)c(OCCOc3ccc(OC)cc3)c(OCC)c2)SC1=S. The number of thioether (sulfide) groups is 1. The van der Waals surface area contributed by atoms with Crippen LogP contribution in [0.2, 0.25) is 5.02 Å². The van der Waals surface area contributed by atoms with Gasteiger partial charge in [0.05, 0.1) is 23.6 Å². The average molecular weight is 506 g/mol. The van der Waals surface area contributed by atoms with Crippen molar-refractivity contribution >= 4 is 51.9 Å². The molecule has 1 fully saturated rings. The van der Waals surface area contributed by atoms with E-state index >= 15 is 0 Å². The number of ether oxygens (including phenoxy) is 4. The van der Waals surface area contributed by atoms with Crippen molar-refractivity contribution in [3.63, 3.8) is 0 Å². The summed E-state index contributed by atoms with van der Waals surface area (Å²) in [6.45, 7) is 6.93. The molecule has 0 spiro atoms. The van der Waals surface area contributed by atoms with Crippen LogP contribution >= 0.6 is 35.6 Å². The van der Waals surface area contributed by atoms with E-state index in [9.17, 15) is 4.79 Å². The van der Waals surface area contributed by atoms with Gasteiger partial charge in [-0.1, -0.05) is 41.7 Å². The zero-order chi connectivity index (χ0) is 23.8.